The Bertz CT molecular complexity index is 1090. The number of aryl methyl sites for hydroxylation is 1. The van der Waals surface area contributed by atoms with E-state index in [9.17, 15) is 9.59 Å². The SMILES string of the molecule is CC(=O)Nc1ccc(C(=O)NN=Cc2cc(Br)ccc2OCc2ccc(C)cc2)cc1. The van der Waals surface area contributed by atoms with Gasteiger partial charge >= 0.3 is 0 Å². The van der Waals surface area contributed by atoms with Gasteiger partial charge in [-0.05, 0) is 55.0 Å². The molecule has 0 fully saturated rings. The second-order valence-corrected chi connectivity index (χ2v) is 7.83. The van der Waals surface area contributed by atoms with Gasteiger partial charge < -0.3 is 10.1 Å². The first-order valence-electron chi connectivity index (χ1n) is 9.59. The van der Waals surface area contributed by atoms with Crippen molar-refractivity contribution in [2.75, 3.05) is 5.32 Å². The van der Waals surface area contributed by atoms with Crippen LogP contribution in [0.2, 0.25) is 0 Å². The Morgan fingerprint density at radius 2 is 1.74 bits per heavy atom. The van der Waals surface area contributed by atoms with Crippen LogP contribution in [-0.2, 0) is 11.4 Å². The highest BCUT2D eigenvalue weighted by atomic mass is 79.9. The summed E-state index contributed by atoms with van der Waals surface area (Å²) in [6, 6.07) is 20.3. The molecule has 0 spiro atoms. The molecule has 7 heteroatoms. The van der Waals surface area contributed by atoms with Crippen molar-refractivity contribution >= 4 is 39.6 Å². The minimum absolute atomic E-state index is 0.170. The number of ether oxygens (including phenoxy) is 1. The predicted molar refractivity (Wildman–Crippen MR) is 125 cm³/mol. The zero-order valence-electron chi connectivity index (χ0n) is 17.2. The van der Waals surface area contributed by atoms with Gasteiger partial charge in [0.05, 0.1) is 6.21 Å². The number of hydrogen-bond donors (Lipinski definition) is 2. The quantitative estimate of drug-likeness (QED) is 0.367. The molecule has 6 nitrogen and oxygen atoms in total. The molecule has 0 saturated carbocycles. The largest absolute Gasteiger partial charge is 0.488 e. The van der Waals surface area contributed by atoms with Crippen molar-refractivity contribution in [3.05, 3.63) is 93.5 Å². The third-order valence-corrected chi connectivity index (χ3v) is 4.82. The van der Waals surface area contributed by atoms with E-state index in [0.29, 0.717) is 23.6 Å². The first kappa shape index (κ1) is 22.2. The fourth-order valence-electron chi connectivity index (χ4n) is 2.73. The van der Waals surface area contributed by atoms with Crippen LogP contribution in [0.4, 0.5) is 5.69 Å². The van der Waals surface area contributed by atoms with Crippen LogP contribution < -0.4 is 15.5 Å². The summed E-state index contributed by atoms with van der Waals surface area (Å²) in [5.41, 5.74) is 6.54. The fraction of sp³-hybridized carbons (Fsp3) is 0.125. The van der Waals surface area contributed by atoms with Gasteiger partial charge in [0.25, 0.3) is 5.91 Å². The van der Waals surface area contributed by atoms with Gasteiger partial charge in [0.1, 0.15) is 12.4 Å². The van der Waals surface area contributed by atoms with Crippen LogP contribution in [0.1, 0.15) is 34.0 Å². The Kier molecular flexibility index (Phi) is 7.56. The fourth-order valence-corrected chi connectivity index (χ4v) is 3.11. The maximum atomic E-state index is 12.3. The van der Waals surface area contributed by atoms with Gasteiger partial charge in [-0.15, -0.1) is 0 Å². The van der Waals surface area contributed by atoms with Gasteiger partial charge in [-0.25, -0.2) is 5.43 Å². The van der Waals surface area contributed by atoms with E-state index < -0.39 is 0 Å². The van der Waals surface area contributed by atoms with E-state index in [4.69, 9.17) is 4.74 Å². The number of carbonyl (C=O) groups is 2. The standard InChI is InChI=1S/C24H22BrN3O3/c1-16-3-5-18(6-4-16)15-31-23-12-9-21(25)13-20(23)14-26-28-24(30)19-7-10-22(11-8-19)27-17(2)29/h3-14H,15H2,1-2H3,(H,27,29)(H,28,30). The van der Waals surface area contributed by atoms with Crippen LogP contribution in [0.15, 0.2) is 76.3 Å². The maximum Gasteiger partial charge on any atom is 0.271 e. The van der Waals surface area contributed by atoms with E-state index in [1.807, 2.05) is 49.4 Å². The Hall–Kier alpha value is -3.45. The van der Waals surface area contributed by atoms with E-state index in [1.165, 1.54) is 12.5 Å². The van der Waals surface area contributed by atoms with Crippen molar-refractivity contribution in [1.82, 2.24) is 5.43 Å². The molecule has 31 heavy (non-hydrogen) atoms. The van der Waals surface area contributed by atoms with Crippen molar-refractivity contribution in [3.8, 4) is 5.75 Å². The summed E-state index contributed by atoms with van der Waals surface area (Å²) in [5, 5.41) is 6.72. The van der Waals surface area contributed by atoms with Crippen LogP contribution >= 0.6 is 15.9 Å². The van der Waals surface area contributed by atoms with Crippen molar-refractivity contribution in [1.29, 1.82) is 0 Å². The van der Waals surface area contributed by atoms with Crippen LogP contribution in [-0.4, -0.2) is 18.0 Å². The molecule has 158 valence electrons. The van der Waals surface area contributed by atoms with E-state index in [-0.39, 0.29) is 11.8 Å². The molecule has 0 radical (unpaired) electrons. The van der Waals surface area contributed by atoms with Crippen LogP contribution in [0.5, 0.6) is 5.75 Å². The molecule has 0 aliphatic carbocycles. The summed E-state index contributed by atoms with van der Waals surface area (Å²) in [6.45, 7) is 3.89. The molecule has 0 aliphatic heterocycles. The topological polar surface area (TPSA) is 79.8 Å². The molecule has 3 rings (SSSR count). The van der Waals surface area contributed by atoms with Gasteiger partial charge in [0.15, 0.2) is 0 Å². The van der Waals surface area contributed by atoms with Gasteiger partial charge in [-0.3, -0.25) is 9.59 Å². The van der Waals surface area contributed by atoms with E-state index in [2.05, 4.69) is 31.8 Å². The van der Waals surface area contributed by atoms with Crippen molar-refractivity contribution < 1.29 is 14.3 Å². The highest BCUT2D eigenvalue weighted by Crippen LogP contribution is 2.23. The van der Waals surface area contributed by atoms with Gasteiger partial charge in [-0.1, -0.05) is 45.8 Å². The lowest BCUT2D eigenvalue weighted by molar-refractivity contribution is -0.114. The Balaban J connectivity index is 1.64. The molecule has 2 N–H and O–H groups in total. The number of hydrogen-bond acceptors (Lipinski definition) is 4. The summed E-state index contributed by atoms with van der Waals surface area (Å²) >= 11 is 3.45. The number of nitrogens with zero attached hydrogens (tertiary/aromatic N) is 1. The smallest absolute Gasteiger partial charge is 0.271 e. The van der Waals surface area contributed by atoms with Crippen molar-refractivity contribution in [2.24, 2.45) is 5.10 Å². The number of anilines is 1. The van der Waals surface area contributed by atoms with Crippen molar-refractivity contribution in [2.45, 2.75) is 20.5 Å². The lowest BCUT2D eigenvalue weighted by atomic mass is 10.1. The maximum absolute atomic E-state index is 12.3. The van der Waals surface area contributed by atoms with Gasteiger partial charge in [0.2, 0.25) is 5.91 Å². The number of benzene rings is 3. The zero-order valence-corrected chi connectivity index (χ0v) is 18.8. The van der Waals surface area contributed by atoms with E-state index in [1.54, 1.807) is 30.5 Å². The molecule has 0 atom stereocenters. The molecule has 0 heterocycles. The molecular weight excluding hydrogens is 458 g/mol. The summed E-state index contributed by atoms with van der Waals surface area (Å²) in [4.78, 5) is 23.4. The predicted octanol–water partition coefficient (Wildman–Crippen LogP) is 5.06. The summed E-state index contributed by atoms with van der Waals surface area (Å²) in [5.74, 6) is 0.125. The first-order valence-corrected chi connectivity index (χ1v) is 10.4. The summed E-state index contributed by atoms with van der Waals surface area (Å²) in [6.07, 6.45) is 1.54. The molecule has 0 aromatic heterocycles. The number of amides is 2. The highest BCUT2D eigenvalue weighted by Gasteiger charge is 2.06. The Morgan fingerprint density at radius 1 is 1.03 bits per heavy atom. The monoisotopic (exact) mass is 479 g/mol. The van der Waals surface area contributed by atoms with Crippen molar-refractivity contribution in [3.63, 3.8) is 0 Å². The third-order valence-electron chi connectivity index (χ3n) is 4.32. The number of carbonyl (C=O) groups excluding carboxylic acids is 2. The minimum Gasteiger partial charge on any atom is -0.488 e. The molecule has 2 amide bonds. The van der Waals surface area contributed by atoms with Crippen LogP contribution in [0.25, 0.3) is 0 Å². The molecule has 0 aliphatic rings. The van der Waals surface area contributed by atoms with Crippen LogP contribution in [0.3, 0.4) is 0 Å². The van der Waals surface area contributed by atoms with Gasteiger partial charge in [0, 0.05) is 28.2 Å². The number of hydrazone groups is 1. The molecule has 0 unspecified atom stereocenters. The van der Waals surface area contributed by atoms with Crippen LogP contribution in [0, 0.1) is 6.92 Å². The lowest BCUT2D eigenvalue weighted by Crippen LogP contribution is -2.17. The second-order valence-electron chi connectivity index (χ2n) is 6.91. The minimum atomic E-state index is -0.359. The number of rotatable bonds is 7. The number of halogens is 1. The number of nitrogens with one attached hydrogen (secondary N) is 2. The molecule has 0 saturated heterocycles. The zero-order chi connectivity index (χ0) is 22.2. The first-order chi connectivity index (χ1) is 14.9. The van der Waals surface area contributed by atoms with E-state index in [0.717, 1.165) is 15.6 Å². The highest BCUT2D eigenvalue weighted by molar-refractivity contribution is 9.10. The molecule has 3 aromatic carbocycles. The average molecular weight is 480 g/mol. The second kappa shape index (κ2) is 10.5. The molecular formula is C24H22BrN3O3. The Morgan fingerprint density at radius 3 is 2.42 bits per heavy atom. The Labute approximate surface area is 189 Å². The van der Waals surface area contributed by atoms with E-state index >= 15 is 0 Å². The summed E-state index contributed by atoms with van der Waals surface area (Å²) in [7, 11) is 0. The normalized spacial score (nSPS) is 10.7. The van der Waals surface area contributed by atoms with Gasteiger partial charge in [-0.2, -0.15) is 5.10 Å². The summed E-state index contributed by atoms with van der Waals surface area (Å²) < 4.78 is 6.82. The average Bonchev–Trinajstić information content (AvgIpc) is 2.74. The third kappa shape index (κ3) is 6.79. The molecule has 3 aromatic rings. The molecule has 0 bridgehead atoms. The lowest BCUT2D eigenvalue weighted by Gasteiger charge is -2.10.